The summed E-state index contributed by atoms with van der Waals surface area (Å²) < 4.78 is 2.37. The lowest BCUT2D eigenvalue weighted by Gasteiger charge is -2.26. The van der Waals surface area contributed by atoms with Crippen LogP contribution < -0.4 is 4.90 Å². The van der Waals surface area contributed by atoms with Gasteiger partial charge in [-0.25, -0.2) is 9.97 Å². The molecule has 0 bridgehead atoms. The highest BCUT2D eigenvalue weighted by atomic mass is 15.1. The molecule has 49 heavy (non-hydrogen) atoms. The first-order valence-corrected chi connectivity index (χ1v) is 16.6. The SMILES string of the molecule is Cc1ccc2c(c1)c1cc(N(c3ccccc3)c3ccc(-c4nc5ccccc5nc4-c4ccccc4)cc3)ccc1n2-c1ccccc1. The topological polar surface area (TPSA) is 34.0 Å². The average molecular weight is 629 g/mol. The first-order valence-electron chi connectivity index (χ1n) is 16.6. The van der Waals surface area contributed by atoms with E-state index in [4.69, 9.17) is 9.97 Å². The maximum atomic E-state index is 5.13. The van der Waals surface area contributed by atoms with Crippen LogP contribution in [0.5, 0.6) is 0 Å². The van der Waals surface area contributed by atoms with Crippen molar-refractivity contribution in [3.63, 3.8) is 0 Å². The summed E-state index contributed by atoms with van der Waals surface area (Å²) in [7, 11) is 0. The highest BCUT2D eigenvalue weighted by Gasteiger charge is 2.19. The van der Waals surface area contributed by atoms with Gasteiger partial charge in [0, 0.05) is 44.6 Å². The van der Waals surface area contributed by atoms with Gasteiger partial charge >= 0.3 is 0 Å². The van der Waals surface area contributed by atoms with Gasteiger partial charge in [-0.05, 0) is 85.8 Å². The van der Waals surface area contributed by atoms with Crippen LogP contribution in [0, 0.1) is 6.92 Å². The van der Waals surface area contributed by atoms with Gasteiger partial charge < -0.3 is 9.47 Å². The normalized spacial score (nSPS) is 11.4. The number of nitrogens with zero attached hydrogens (tertiary/aromatic N) is 4. The second-order valence-electron chi connectivity index (χ2n) is 12.4. The van der Waals surface area contributed by atoms with Crippen LogP contribution in [0.3, 0.4) is 0 Å². The van der Waals surface area contributed by atoms with Crippen molar-refractivity contribution in [2.75, 3.05) is 4.90 Å². The van der Waals surface area contributed by atoms with Gasteiger partial charge in [-0.2, -0.15) is 0 Å². The molecule has 0 aliphatic rings. The Kier molecular flexibility index (Phi) is 6.98. The summed E-state index contributed by atoms with van der Waals surface area (Å²) in [5, 5.41) is 2.46. The molecule has 2 heterocycles. The predicted octanol–water partition coefficient (Wildman–Crippen LogP) is 11.8. The molecule has 0 aliphatic heterocycles. The maximum absolute atomic E-state index is 5.13. The summed E-state index contributed by atoms with van der Waals surface area (Å²) in [6.45, 7) is 2.16. The quantitative estimate of drug-likeness (QED) is 0.184. The van der Waals surface area contributed by atoms with E-state index >= 15 is 0 Å². The Bertz CT molecular complexity index is 2590. The maximum Gasteiger partial charge on any atom is 0.0973 e. The van der Waals surface area contributed by atoms with Crippen LogP contribution in [-0.4, -0.2) is 14.5 Å². The zero-order chi connectivity index (χ0) is 32.7. The molecule has 0 aliphatic carbocycles. The third-order valence-corrected chi connectivity index (χ3v) is 9.21. The van der Waals surface area contributed by atoms with Gasteiger partial charge in [0.05, 0.1) is 33.5 Å². The van der Waals surface area contributed by atoms with Crippen LogP contribution in [0.25, 0.3) is 61.0 Å². The monoisotopic (exact) mass is 628 g/mol. The Morgan fingerprint density at radius 2 is 0.918 bits per heavy atom. The van der Waals surface area contributed by atoms with Gasteiger partial charge in [0.15, 0.2) is 0 Å². The molecule has 9 aromatic rings. The minimum absolute atomic E-state index is 0.869. The molecule has 0 spiro atoms. The number of hydrogen-bond acceptors (Lipinski definition) is 3. The van der Waals surface area contributed by atoms with Gasteiger partial charge in [-0.3, -0.25) is 0 Å². The van der Waals surface area contributed by atoms with Gasteiger partial charge in [-0.15, -0.1) is 0 Å². The smallest absolute Gasteiger partial charge is 0.0973 e. The van der Waals surface area contributed by atoms with Crippen molar-refractivity contribution < 1.29 is 0 Å². The van der Waals surface area contributed by atoms with E-state index in [1.54, 1.807) is 0 Å². The van der Waals surface area contributed by atoms with Gasteiger partial charge in [0.1, 0.15) is 0 Å². The molecule has 4 nitrogen and oxygen atoms in total. The summed E-state index contributed by atoms with van der Waals surface area (Å²) in [6, 6.07) is 61.9. The van der Waals surface area contributed by atoms with Gasteiger partial charge in [0.2, 0.25) is 0 Å². The number of aryl methyl sites for hydroxylation is 1. The van der Waals surface area contributed by atoms with Gasteiger partial charge in [-0.1, -0.05) is 103 Å². The van der Waals surface area contributed by atoms with Crippen molar-refractivity contribution in [2.24, 2.45) is 0 Å². The Labute approximate surface area is 285 Å². The molecule has 0 atom stereocenters. The molecule has 9 rings (SSSR count). The minimum Gasteiger partial charge on any atom is -0.310 e. The summed E-state index contributed by atoms with van der Waals surface area (Å²) in [4.78, 5) is 12.5. The zero-order valence-electron chi connectivity index (χ0n) is 27.0. The molecule has 0 unspecified atom stereocenters. The molecule has 0 saturated carbocycles. The highest BCUT2D eigenvalue weighted by Crippen LogP contribution is 2.41. The summed E-state index contributed by atoms with van der Waals surface area (Å²) >= 11 is 0. The van der Waals surface area contributed by atoms with E-state index in [9.17, 15) is 0 Å². The second kappa shape index (κ2) is 11.9. The third kappa shape index (κ3) is 5.11. The number of fused-ring (bicyclic) bond motifs is 4. The fourth-order valence-corrected chi connectivity index (χ4v) is 6.91. The number of rotatable bonds is 6. The molecular weight excluding hydrogens is 597 g/mol. The highest BCUT2D eigenvalue weighted by molar-refractivity contribution is 6.11. The number of benzene rings is 7. The molecule has 0 radical (unpaired) electrons. The summed E-state index contributed by atoms with van der Waals surface area (Å²) in [5.74, 6) is 0. The molecule has 2 aromatic heterocycles. The number of anilines is 3. The number of hydrogen-bond donors (Lipinski definition) is 0. The van der Waals surface area contributed by atoms with Crippen molar-refractivity contribution >= 4 is 49.9 Å². The molecule has 7 aromatic carbocycles. The number of aromatic nitrogens is 3. The van der Waals surface area contributed by atoms with E-state index in [-0.39, 0.29) is 0 Å². The standard InChI is InChI=1S/C45H32N4/c1-31-21-27-42-38(29-31)39-30-37(26-28-43(39)49(42)35-17-9-4-10-18-35)48(34-15-7-3-8-16-34)36-24-22-33(23-25-36)45-44(32-13-5-2-6-14-32)46-40-19-11-12-20-41(40)47-45/h2-30H,1H3. The lowest BCUT2D eigenvalue weighted by atomic mass is 10.0. The molecule has 0 saturated heterocycles. The Morgan fingerprint density at radius 1 is 0.429 bits per heavy atom. The van der Waals surface area contributed by atoms with Crippen molar-refractivity contribution in [3.05, 3.63) is 181 Å². The minimum atomic E-state index is 0.869. The first kappa shape index (κ1) is 28.7. The fraction of sp³-hybridized carbons (Fsp3) is 0.0222. The lowest BCUT2D eigenvalue weighted by Crippen LogP contribution is -2.09. The van der Waals surface area contributed by atoms with E-state index in [1.165, 1.54) is 27.4 Å². The van der Waals surface area contributed by atoms with E-state index in [1.807, 2.05) is 42.5 Å². The van der Waals surface area contributed by atoms with Crippen LogP contribution in [-0.2, 0) is 0 Å². The van der Waals surface area contributed by atoms with E-state index in [2.05, 4.69) is 150 Å². The fourth-order valence-electron chi connectivity index (χ4n) is 6.91. The molecular formula is C45H32N4. The first-order chi connectivity index (χ1) is 24.2. The second-order valence-corrected chi connectivity index (χ2v) is 12.4. The van der Waals surface area contributed by atoms with Crippen molar-refractivity contribution in [1.29, 1.82) is 0 Å². The van der Waals surface area contributed by atoms with Crippen LogP contribution in [0.15, 0.2) is 176 Å². The molecule has 0 fully saturated rings. The average Bonchev–Trinajstić information content (AvgIpc) is 3.48. The van der Waals surface area contributed by atoms with Crippen LogP contribution in [0.1, 0.15) is 5.56 Å². The van der Waals surface area contributed by atoms with Crippen LogP contribution in [0.2, 0.25) is 0 Å². The van der Waals surface area contributed by atoms with E-state index < -0.39 is 0 Å². The molecule has 4 heteroatoms. The Morgan fingerprint density at radius 3 is 1.57 bits per heavy atom. The molecule has 232 valence electrons. The Hall–Kier alpha value is -6.52. The Balaban J connectivity index is 1.20. The van der Waals surface area contributed by atoms with Crippen LogP contribution >= 0.6 is 0 Å². The molecule has 0 N–H and O–H groups in total. The number of para-hydroxylation sites is 4. The van der Waals surface area contributed by atoms with Gasteiger partial charge in [0.25, 0.3) is 0 Å². The van der Waals surface area contributed by atoms with E-state index in [0.29, 0.717) is 0 Å². The van der Waals surface area contributed by atoms with Crippen molar-refractivity contribution in [3.8, 4) is 28.2 Å². The van der Waals surface area contributed by atoms with Crippen LogP contribution in [0.4, 0.5) is 17.1 Å². The van der Waals surface area contributed by atoms with E-state index in [0.717, 1.165) is 56.3 Å². The van der Waals surface area contributed by atoms with Crippen molar-refractivity contribution in [2.45, 2.75) is 6.92 Å². The largest absolute Gasteiger partial charge is 0.310 e. The predicted molar refractivity (Wildman–Crippen MR) is 204 cm³/mol. The summed E-state index contributed by atoms with van der Waals surface area (Å²) in [5.41, 5.74) is 13.6. The zero-order valence-corrected chi connectivity index (χ0v) is 27.0. The lowest BCUT2D eigenvalue weighted by molar-refractivity contribution is 1.18. The third-order valence-electron chi connectivity index (χ3n) is 9.21. The summed E-state index contributed by atoms with van der Waals surface area (Å²) in [6.07, 6.45) is 0. The van der Waals surface area contributed by atoms with Crippen molar-refractivity contribution in [1.82, 2.24) is 14.5 Å². The molecule has 0 amide bonds.